The number of carboxylic acid groups (broad SMARTS) is 1. The van der Waals surface area contributed by atoms with Gasteiger partial charge < -0.3 is 15.2 Å². The second-order valence-electron chi connectivity index (χ2n) is 5.05. The third kappa shape index (κ3) is 7.66. The monoisotopic (exact) mass is 345 g/mol. The average molecular weight is 345 g/mol. The molecule has 0 aliphatic rings. The summed E-state index contributed by atoms with van der Waals surface area (Å²) in [6.45, 7) is 2.06. The van der Waals surface area contributed by atoms with E-state index in [0.29, 0.717) is 12.0 Å². The number of carbonyl (C=O) groups is 2. The van der Waals surface area contributed by atoms with E-state index in [0.717, 1.165) is 0 Å². The molecule has 1 rings (SSSR count). The van der Waals surface area contributed by atoms with Crippen LogP contribution in [-0.2, 0) is 16.0 Å². The standard InChI is InChI=1S/C16H18F3NO4/c1-2-3-7-13(15(22)23)20-14(21)9-11-5-4-6-12(8-11)24-10-16(17,18)19/h2,4-6,8,13H,1,3,7,9-10H2,(H,20,21)(H,22,23). The van der Waals surface area contributed by atoms with E-state index in [9.17, 15) is 22.8 Å². The fourth-order valence-corrected chi connectivity index (χ4v) is 1.88. The van der Waals surface area contributed by atoms with E-state index >= 15 is 0 Å². The van der Waals surface area contributed by atoms with Crippen LogP contribution in [0.3, 0.4) is 0 Å². The molecule has 0 aliphatic heterocycles. The van der Waals surface area contributed by atoms with Crippen LogP contribution in [0.1, 0.15) is 18.4 Å². The zero-order chi connectivity index (χ0) is 18.2. The smallest absolute Gasteiger partial charge is 0.422 e. The number of carboxylic acids is 1. The number of benzene rings is 1. The Balaban J connectivity index is 2.62. The van der Waals surface area contributed by atoms with Gasteiger partial charge in [0.2, 0.25) is 5.91 Å². The van der Waals surface area contributed by atoms with Crippen molar-refractivity contribution < 1.29 is 32.6 Å². The van der Waals surface area contributed by atoms with Crippen molar-refractivity contribution in [1.82, 2.24) is 5.32 Å². The number of hydrogen-bond acceptors (Lipinski definition) is 3. The minimum atomic E-state index is -4.45. The zero-order valence-corrected chi connectivity index (χ0v) is 12.8. The molecule has 8 heteroatoms. The van der Waals surface area contributed by atoms with E-state index in [1.807, 2.05) is 0 Å². The normalized spacial score (nSPS) is 12.3. The first-order chi connectivity index (χ1) is 11.2. The average Bonchev–Trinajstić information content (AvgIpc) is 2.49. The number of hydrogen-bond donors (Lipinski definition) is 2. The van der Waals surface area contributed by atoms with E-state index in [2.05, 4.69) is 16.6 Å². The van der Waals surface area contributed by atoms with Crippen molar-refractivity contribution in [1.29, 1.82) is 0 Å². The molecule has 0 saturated carbocycles. The minimum absolute atomic E-state index is 0.0148. The summed E-state index contributed by atoms with van der Waals surface area (Å²) in [5, 5.41) is 11.4. The first-order valence-electron chi connectivity index (χ1n) is 7.13. The van der Waals surface area contributed by atoms with Crippen LogP contribution in [0.4, 0.5) is 13.2 Å². The van der Waals surface area contributed by atoms with Gasteiger partial charge in [-0.1, -0.05) is 18.2 Å². The largest absolute Gasteiger partial charge is 0.484 e. The molecule has 1 aromatic carbocycles. The Bertz CT molecular complexity index is 587. The maximum absolute atomic E-state index is 12.1. The predicted molar refractivity (Wildman–Crippen MR) is 80.7 cm³/mol. The summed E-state index contributed by atoms with van der Waals surface area (Å²) in [6, 6.07) is 4.61. The third-order valence-electron chi connectivity index (χ3n) is 2.96. The molecule has 0 radical (unpaired) electrons. The summed E-state index contributed by atoms with van der Waals surface area (Å²) in [4.78, 5) is 22.9. The van der Waals surface area contributed by atoms with Crippen LogP contribution < -0.4 is 10.1 Å². The van der Waals surface area contributed by atoms with Crippen LogP contribution in [0, 0.1) is 0 Å². The van der Waals surface area contributed by atoms with Crippen molar-refractivity contribution in [2.24, 2.45) is 0 Å². The number of halogens is 3. The number of ether oxygens (including phenoxy) is 1. The van der Waals surface area contributed by atoms with Gasteiger partial charge >= 0.3 is 12.1 Å². The van der Waals surface area contributed by atoms with Crippen LogP contribution in [0.15, 0.2) is 36.9 Å². The highest BCUT2D eigenvalue weighted by Crippen LogP contribution is 2.19. The van der Waals surface area contributed by atoms with E-state index in [1.54, 1.807) is 12.1 Å². The van der Waals surface area contributed by atoms with Gasteiger partial charge in [0.25, 0.3) is 0 Å². The van der Waals surface area contributed by atoms with Crippen LogP contribution in [-0.4, -0.2) is 35.8 Å². The molecule has 0 aliphatic carbocycles. The van der Waals surface area contributed by atoms with Crippen molar-refractivity contribution in [2.75, 3.05) is 6.61 Å². The molecular formula is C16H18F3NO4. The number of carbonyl (C=O) groups excluding carboxylic acids is 1. The molecule has 0 heterocycles. The number of rotatable bonds is 9. The number of allylic oxidation sites excluding steroid dienone is 1. The number of aliphatic carboxylic acids is 1. The molecule has 0 saturated heterocycles. The highest BCUT2D eigenvalue weighted by molar-refractivity contribution is 5.84. The highest BCUT2D eigenvalue weighted by Gasteiger charge is 2.28. The maximum Gasteiger partial charge on any atom is 0.422 e. The fourth-order valence-electron chi connectivity index (χ4n) is 1.88. The van der Waals surface area contributed by atoms with Crippen molar-refractivity contribution in [3.63, 3.8) is 0 Å². The van der Waals surface area contributed by atoms with Gasteiger partial charge in [0.05, 0.1) is 6.42 Å². The number of nitrogens with one attached hydrogen (secondary N) is 1. The molecule has 24 heavy (non-hydrogen) atoms. The van der Waals surface area contributed by atoms with Crippen molar-refractivity contribution in [2.45, 2.75) is 31.5 Å². The molecular weight excluding hydrogens is 327 g/mol. The summed E-state index contributed by atoms with van der Waals surface area (Å²) in [5.74, 6) is -1.72. The van der Waals surface area contributed by atoms with Gasteiger partial charge in [-0.2, -0.15) is 13.2 Å². The Kier molecular flexibility index (Phi) is 7.29. The quantitative estimate of drug-likeness (QED) is 0.675. The summed E-state index contributed by atoms with van der Waals surface area (Å²) in [7, 11) is 0. The molecule has 2 N–H and O–H groups in total. The maximum atomic E-state index is 12.1. The lowest BCUT2D eigenvalue weighted by atomic mass is 10.1. The van der Waals surface area contributed by atoms with Gasteiger partial charge in [0, 0.05) is 0 Å². The van der Waals surface area contributed by atoms with E-state index in [-0.39, 0.29) is 18.6 Å². The Labute approximate surface area is 137 Å². The van der Waals surface area contributed by atoms with Gasteiger partial charge in [0.1, 0.15) is 11.8 Å². The van der Waals surface area contributed by atoms with Gasteiger partial charge in [-0.05, 0) is 30.5 Å². The Morgan fingerprint density at radius 2 is 2.08 bits per heavy atom. The second kappa shape index (κ2) is 8.95. The van der Waals surface area contributed by atoms with Gasteiger partial charge in [0.15, 0.2) is 6.61 Å². The third-order valence-corrected chi connectivity index (χ3v) is 2.96. The van der Waals surface area contributed by atoms with Gasteiger partial charge in [-0.3, -0.25) is 4.79 Å². The molecule has 1 aromatic rings. The van der Waals surface area contributed by atoms with E-state index in [1.165, 1.54) is 18.2 Å². The molecule has 0 bridgehead atoms. The van der Waals surface area contributed by atoms with Crippen LogP contribution in [0.2, 0.25) is 0 Å². The lowest BCUT2D eigenvalue weighted by Crippen LogP contribution is -2.41. The van der Waals surface area contributed by atoms with Crippen LogP contribution in [0.5, 0.6) is 5.75 Å². The summed E-state index contributed by atoms with van der Waals surface area (Å²) in [5.41, 5.74) is 0.417. The SMILES string of the molecule is C=CCCC(NC(=O)Cc1cccc(OCC(F)(F)F)c1)C(=O)O. The molecule has 0 spiro atoms. The zero-order valence-electron chi connectivity index (χ0n) is 12.8. The molecule has 1 amide bonds. The van der Waals surface area contributed by atoms with Crippen molar-refractivity contribution in [3.8, 4) is 5.75 Å². The Morgan fingerprint density at radius 3 is 2.67 bits per heavy atom. The molecule has 1 unspecified atom stereocenters. The topological polar surface area (TPSA) is 75.6 Å². The summed E-state index contributed by atoms with van der Waals surface area (Å²) >= 11 is 0. The molecule has 0 fully saturated rings. The fraction of sp³-hybridized carbons (Fsp3) is 0.375. The summed E-state index contributed by atoms with van der Waals surface area (Å²) < 4.78 is 41.0. The first-order valence-corrected chi connectivity index (χ1v) is 7.13. The minimum Gasteiger partial charge on any atom is -0.484 e. The Hall–Kier alpha value is -2.51. The molecule has 5 nitrogen and oxygen atoms in total. The number of amides is 1. The molecule has 132 valence electrons. The molecule has 1 atom stereocenters. The van der Waals surface area contributed by atoms with Crippen LogP contribution >= 0.6 is 0 Å². The lowest BCUT2D eigenvalue weighted by molar-refractivity contribution is -0.153. The first kappa shape index (κ1) is 19.5. The van der Waals surface area contributed by atoms with Crippen molar-refractivity contribution in [3.05, 3.63) is 42.5 Å². The molecule has 0 aromatic heterocycles. The number of alkyl halides is 3. The van der Waals surface area contributed by atoms with E-state index in [4.69, 9.17) is 5.11 Å². The van der Waals surface area contributed by atoms with E-state index < -0.39 is 30.7 Å². The van der Waals surface area contributed by atoms with Gasteiger partial charge in [-0.15, -0.1) is 6.58 Å². The van der Waals surface area contributed by atoms with Crippen LogP contribution in [0.25, 0.3) is 0 Å². The highest BCUT2D eigenvalue weighted by atomic mass is 19.4. The van der Waals surface area contributed by atoms with Gasteiger partial charge in [-0.25, -0.2) is 4.79 Å². The second-order valence-corrected chi connectivity index (χ2v) is 5.05. The Morgan fingerprint density at radius 1 is 1.38 bits per heavy atom. The lowest BCUT2D eigenvalue weighted by Gasteiger charge is -2.14. The predicted octanol–water partition coefficient (Wildman–Crippen LogP) is 2.71. The summed E-state index contributed by atoms with van der Waals surface area (Å²) in [6.07, 6.45) is -2.44. The van der Waals surface area contributed by atoms with Crippen molar-refractivity contribution >= 4 is 11.9 Å².